The molecule has 3 rings (SSSR count). The van der Waals surface area contributed by atoms with Crippen LogP contribution in [-0.4, -0.2) is 48.2 Å². The number of aliphatic carboxylic acids is 1. The van der Waals surface area contributed by atoms with Gasteiger partial charge in [-0.05, 0) is 30.0 Å². The fourth-order valence-corrected chi connectivity index (χ4v) is 3.23. The van der Waals surface area contributed by atoms with Crippen molar-refractivity contribution in [2.75, 3.05) is 26.3 Å². The summed E-state index contributed by atoms with van der Waals surface area (Å²) in [7, 11) is 0. The van der Waals surface area contributed by atoms with E-state index in [1.165, 1.54) is 0 Å². The van der Waals surface area contributed by atoms with Crippen LogP contribution in [0.3, 0.4) is 0 Å². The molecule has 1 aromatic rings. The Morgan fingerprint density at radius 2 is 1.92 bits per heavy atom. The summed E-state index contributed by atoms with van der Waals surface area (Å²) in [5.74, 6) is -0.350. The third-order valence-electron chi connectivity index (χ3n) is 4.95. The van der Waals surface area contributed by atoms with Gasteiger partial charge in [-0.2, -0.15) is 0 Å². The van der Waals surface area contributed by atoms with Crippen LogP contribution in [0.4, 0.5) is 0 Å². The second kappa shape index (κ2) is 6.34. The number of carbonyl (C=O) groups is 2. The van der Waals surface area contributed by atoms with E-state index < -0.39 is 11.9 Å². The first kappa shape index (κ1) is 16.6. The minimum Gasteiger partial charge on any atom is -0.490 e. The molecule has 0 spiro atoms. The smallest absolute Gasteiger partial charge is 0.308 e. The van der Waals surface area contributed by atoms with E-state index in [1.807, 2.05) is 13.8 Å². The molecule has 0 aromatic heterocycles. The quantitative estimate of drug-likeness (QED) is 0.899. The van der Waals surface area contributed by atoms with E-state index in [4.69, 9.17) is 9.47 Å². The molecule has 24 heavy (non-hydrogen) atoms. The number of fused-ring (bicyclic) bond motifs is 1. The summed E-state index contributed by atoms with van der Waals surface area (Å²) in [6.45, 7) is 5.84. The molecule has 1 unspecified atom stereocenters. The highest BCUT2D eigenvalue weighted by Gasteiger charge is 2.41. The van der Waals surface area contributed by atoms with Gasteiger partial charge >= 0.3 is 5.97 Å². The van der Waals surface area contributed by atoms with Gasteiger partial charge in [0.05, 0.1) is 19.1 Å². The molecule has 1 atom stereocenters. The first-order valence-corrected chi connectivity index (χ1v) is 8.30. The number of carboxylic acids is 1. The van der Waals surface area contributed by atoms with Gasteiger partial charge in [0, 0.05) is 25.1 Å². The van der Waals surface area contributed by atoms with Crippen molar-refractivity contribution < 1.29 is 24.2 Å². The average Bonchev–Trinajstić information content (AvgIpc) is 2.78. The number of carbonyl (C=O) groups excluding carboxylic acids is 1. The summed E-state index contributed by atoms with van der Waals surface area (Å²) in [6.07, 6.45) is 1.47. The van der Waals surface area contributed by atoms with Gasteiger partial charge in [-0.15, -0.1) is 0 Å². The zero-order valence-electron chi connectivity index (χ0n) is 14.1. The molecular weight excluding hydrogens is 310 g/mol. The van der Waals surface area contributed by atoms with Gasteiger partial charge in [0.2, 0.25) is 0 Å². The highest BCUT2D eigenvalue weighted by Crippen LogP contribution is 2.37. The largest absolute Gasteiger partial charge is 0.490 e. The molecule has 1 saturated heterocycles. The highest BCUT2D eigenvalue weighted by molar-refractivity contribution is 5.95. The monoisotopic (exact) mass is 333 g/mol. The van der Waals surface area contributed by atoms with E-state index in [0.29, 0.717) is 43.2 Å². The molecule has 2 aliphatic rings. The SMILES string of the molecule is CC1(C)CCN(C(=O)c2ccc3c(c2)OCCCO3)CC1C(=O)O. The normalized spacial score (nSPS) is 22.6. The standard InChI is InChI=1S/C18H23NO5/c1-18(2)6-7-19(11-13(18)17(21)22)16(20)12-4-5-14-15(10-12)24-9-3-8-23-14/h4-5,10,13H,3,6-9,11H2,1-2H3,(H,21,22). The van der Waals surface area contributed by atoms with Gasteiger partial charge in [-0.3, -0.25) is 9.59 Å². The molecule has 0 aliphatic carbocycles. The van der Waals surface area contributed by atoms with Crippen LogP contribution in [0.25, 0.3) is 0 Å². The fraction of sp³-hybridized carbons (Fsp3) is 0.556. The van der Waals surface area contributed by atoms with E-state index >= 15 is 0 Å². The Labute approximate surface area is 141 Å². The van der Waals surface area contributed by atoms with E-state index in [1.54, 1.807) is 23.1 Å². The number of amides is 1. The molecule has 6 heteroatoms. The number of ether oxygens (including phenoxy) is 2. The molecule has 0 bridgehead atoms. The lowest BCUT2D eigenvalue weighted by molar-refractivity contribution is -0.148. The Hall–Kier alpha value is -2.24. The van der Waals surface area contributed by atoms with Gasteiger partial charge in [0.25, 0.3) is 5.91 Å². The van der Waals surface area contributed by atoms with Crippen LogP contribution in [-0.2, 0) is 4.79 Å². The zero-order chi connectivity index (χ0) is 17.3. The summed E-state index contributed by atoms with van der Waals surface area (Å²) in [5.41, 5.74) is 0.191. The number of benzene rings is 1. The number of likely N-dealkylation sites (tertiary alicyclic amines) is 1. The van der Waals surface area contributed by atoms with Crippen molar-refractivity contribution in [3.8, 4) is 11.5 Å². The zero-order valence-corrected chi connectivity index (χ0v) is 14.1. The van der Waals surface area contributed by atoms with Crippen LogP contribution >= 0.6 is 0 Å². The topological polar surface area (TPSA) is 76.1 Å². The molecule has 1 fully saturated rings. The van der Waals surface area contributed by atoms with Crippen LogP contribution < -0.4 is 9.47 Å². The Morgan fingerprint density at radius 3 is 2.62 bits per heavy atom. The number of carboxylic acid groups (broad SMARTS) is 1. The van der Waals surface area contributed by atoms with Crippen molar-refractivity contribution in [1.82, 2.24) is 4.90 Å². The second-order valence-electron chi connectivity index (χ2n) is 7.09. The van der Waals surface area contributed by atoms with Gasteiger partial charge < -0.3 is 19.5 Å². The number of hydrogen-bond donors (Lipinski definition) is 1. The molecule has 2 aliphatic heterocycles. The van der Waals surface area contributed by atoms with E-state index in [0.717, 1.165) is 6.42 Å². The lowest BCUT2D eigenvalue weighted by atomic mass is 9.73. The van der Waals surface area contributed by atoms with Gasteiger partial charge in [-0.25, -0.2) is 0 Å². The maximum Gasteiger partial charge on any atom is 0.308 e. The van der Waals surface area contributed by atoms with Crippen molar-refractivity contribution in [1.29, 1.82) is 0 Å². The molecule has 1 N–H and O–H groups in total. The first-order valence-electron chi connectivity index (χ1n) is 8.30. The van der Waals surface area contributed by atoms with Crippen LogP contribution in [0.5, 0.6) is 11.5 Å². The molecule has 130 valence electrons. The molecule has 2 heterocycles. The van der Waals surface area contributed by atoms with Crippen LogP contribution in [0.2, 0.25) is 0 Å². The lowest BCUT2D eigenvalue weighted by Gasteiger charge is -2.41. The van der Waals surface area contributed by atoms with Crippen LogP contribution in [0, 0.1) is 11.3 Å². The van der Waals surface area contributed by atoms with Crippen molar-refractivity contribution >= 4 is 11.9 Å². The number of hydrogen-bond acceptors (Lipinski definition) is 4. The Bertz CT molecular complexity index is 655. The molecule has 1 amide bonds. The number of rotatable bonds is 2. The molecule has 1 aromatic carbocycles. The Balaban J connectivity index is 1.79. The number of nitrogens with zero attached hydrogens (tertiary/aromatic N) is 1. The predicted octanol–water partition coefficient (Wildman–Crippen LogP) is 2.42. The van der Waals surface area contributed by atoms with Crippen molar-refractivity contribution in [3.63, 3.8) is 0 Å². The lowest BCUT2D eigenvalue weighted by Crippen LogP contribution is -2.50. The minimum absolute atomic E-state index is 0.160. The summed E-state index contributed by atoms with van der Waals surface area (Å²) in [4.78, 5) is 25.9. The third-order valence-corrected chi connectivity index (χ3v) is 4.95. The average molecular weight is 333 g/mol. The van der Waals surface area contributed by atoms with E-state index in [9.17, 15) is 14.7 Å². The second-order valence-corrected chi connectivity index (χ2v) is 7.09. The van der Waals surface area contributed by atoms with Crippen LogP contribution in [0.1, 0.15) is 37.0 Å². The fourth-order valence-electron chi connectivity index (χ4n) is 3.23. The van der Waals surface area contributed by atoms with Crippen molar-refractivity contribution in [2.45, 2.75) is 26.7 Å². The summed E-state index contributed by atoms with van der Waals surface area (Å²) in [6, 6.07) is 5.15. The van der Waals surface area contributed by atoms with Gasteiger partial charge in [0.1, 0.15) is 0 Å². The van der Waals surface area contributed by atoms with Crippen LogP contribution in [0.15, 0.2) is 18.2 Å². The first-order chi connectivity index (χ1) is 11.4. The summed E-state index contributed by atoms with van der Waals surface area (Å²) >= 11 is 0. The summed E-state index contributed by atoms with van der Waals surface area (Å²) < 4.78 is 11.2. The molecule has 6 nitrogen and oxygen atoms in total. The minimum atomic E-state index is -0.851. The van der Waals surface area contributed by atoms with Crippen molar-refractivity contribution in [2.24, 2.45) is 11.3 Å². The molecule has 0 radical (unpaired) electrons. The summed E-state index contributed by atoms with van der Waals surface area (Å²) in [5, 5.41) is 9.46. The molecular formula is C18H23NO5. The Morgan fingerprint density at radius 1 is 1.21 bits per heavy atom. The predicted molar refractivity (Wildman–Crippen MR) is 87.5 cm³/mol. The highest BCUT2D eigenvalue weighted by atomic mass is 16.5. The molecule has 0 saturated carbocycles. The van der Waals surface area contributed by atoms with E-state index in [-0.39, 0.29) is 17.9 Å². The van der Waals surface area contributed by atoms with Gasteiger partial charge in [-0.1, -0.05) is 13.8 Å². The van der Waals surface area contributed by atoms with E-state index in [2.05, 4.69) is 0 Å². The van der Waals surface area contributed by atoms with Crippen molar-refractivity contribution in [3.05, 3.63) is 23.8 Å². The maximum atomic E-state index is 12.8. The number of piperidine rings is 1. The van der Waals surface area contributed by atoms with Gasteiger partial charge in [0.15, 0.2) is 11.5 Å². The third kappa shape index (κ3) is 3.18. The Kier molecular flexibility index (Phi) is 4.39. The maximum absolute atomic E-state index is 12.8.